The summed E-state index contributed by atoms with van der Waals surface area (Å²) in [5, 5.41) is 0. The van der Waals surface area contributed by atoms with Crippen LogP contribution >= 0.6 is 0 Å². The van der Waals surface area contributed by atoms with Gasteiger partial charge in [0, 0.05) is 11.1 Å². The fourth-order valence-electron chi connectivity index (χ4n) is 2.96. The molecule has 0 bridgehead atoms. The highest BCUT2D eigenvalue weighted by atomic mass is 16.2. The van der Waals surface area contributed by atoms with E-state index in [-0.39, 0.29) is 11.8 Å². The van der Waals surface area contributed by atoms with Crippen molar-refractivity contribution in [2.45, 2.75) is 32.6 Å². The molecule has 0 atom stereocenters. The monoisotopic (exact) mass is 267 g/mol. The zero-order chi connectivity index (χ0) is 14.3. The molecule has 0 saturated heterocycles. The van der Waals surface area contributed by atoms with Crippen LogP contribution in [0.4, 0.5) is 5.69 Å². The van der Waals surface area contributed by atoms with Crippen molar-refractivity contribution in [3.8, 4) is 0 Å². The van der Waals surface area contributed by atoms with Gasteiger partial charge in [-0.15, -0.1) is 0 Å². The summed E-state index contributed by atoms with van der Waals surface area (Å²) in [6.07, 6.45) is 5.21. The lowest BCUT2D eigenvalue weighted by molar-refractivity contribution is -0.120. The number of imide groups is 1. The number of hydrogen-bond acceptors (Lipinski definition) is 2. The molecule has 1 aromatic carbocycles. The first-order chi connectivity index (χ1) is 9.63. The molecule has 2 amide bonds. The molecular formula is C17H17NO2. The van der Waals surface area contributed by atoms with Crippen molar-refractivity contribution >= 4 is 23.6 Å². The van der Waals surface area contributed by atoms with Gasteiger partial charge >= 0.3 is 0 Å². The van der Waals surface area contributed by atoms with E-state index in [0.717, 1.165) is 48.0 Å². The number of carbonyl (C=O) groups excluding carboxylic acids is 2. The first-order valence-electron chi connectivity index (χ1n) is 6.97. The minimum absolute atomic E-state index is 0.136. The lowest BCUT2D eigenvalue weighted by Gasteiger charge is -2.16. The fourth-order valence-corrected chi connectivity index (χ4v) is 2.96. The molecule has 3 nitrogen and oxygen atoms in total. The van der Waals surface area contributed by atoms with E-state index in [2.05, 4.69) is 6.58 Å². The predicted octanol–water partition coefficient (Wildman–Crippen LogP) is 3.38. The Hall–Kier alpha value is -2.16. The number of nitrogens with zero attached hydrogens (tertiary/aromatic N) is 1. The molecule has 0 saturated carbocycles. The molecule has 3 rings (SSSR count). The van der Waals surface area contributed by atoms with Crippen LogP contribution in [0.15, 0.2) is 35.9 Å². The summed E-state index contributed by atoms with van der Waals surface area (Å²) in [6.45, 7) is 5.75. The Morgan fingerprint density at radius 2 is 1.70 bits per heavy atom. The van der Waals surface area contributed by atoms with Crippen LogP contribution in [0.25, 0.3) is 6.08 Å². The second kappa shape index (κ2) is 4.75. The quantitative estimate of drug-likeness (QED) is 0.770. The molecule has 1 aliphatic carbocycles. The van der Waals surface area contributed by atoms with Gasteiger partial charge in [-0.1, -0.05) is 18.7 Å². The maximum atomic E-state index is 12.5. The Labute approximate surface area is 118 Å². The van der Waals surface area contributed by atoms with Crippen LogP contribution in [-0.2, 0) is 9.59 Å². The second-order valence-electron chi connectivity index (χ2n) is 5.35. The van der Waals surface area contributed by atoms with Gasteiger partial charge in [0.05, 0.1) is 5.69 Å². The van der Waals surface area contributed by atoms with Crippen LogP contribution in [0.3, 0.4) is 0 Å². The molecule has 0 fully saturated rings. The van der Waals surface area contributed by atoms with Gasteiger partial charge in [0.1, 0.15) is 0 Å². The SMILES string of the molecule is C=Cc1cc(N2C(=O)C3=C(CCCC3)C2=O)ccc1C. The van der Waals surface area contributed by atoms with E-state index in [4.69, 9.17) is 0 Å². The van der Waals surface area contributed by atoms with Crippen LogP contribution in [0, 0.1) is 6.92 Å². The number of rotatable bonds is 2. The highest BCUT2D eigenvalue weighted by molar-refractivity contribution is 6.33. The smallest absolute Gasteiger partial charge is 0.261 e. The summed E-state index contributed by atoms with van der Waals surface area (Å²) < 4.78 is 0. The van der Waals surface area contributed by atoms with Crippen molar-refractivity contribution in [2.24, 2.45) is 0 Å². The summed E-state index contributed by atoms with van der Waals surface area (Å²) in [6, 6.07) is 5.61. The third-order valence-electron chi connectivity index (χ3n) is 4.13. The zero-order valence-electron chi connectivity index (χ0n) is 11.6. The van der Waals surface area contributed by atoms with E-state index in [1.54, 1.807) is 6.08 Å². The molecule has 3 heteroatoms. The molecule has 1 aliphatic heterocycles. The second-order valence-corrected chi connectivity index (χ2v) is 5.35. The van der Waals surface area contributed by atoms with Crippen molar-refractivity contribution in [1.29, 1.82) is 0 Å². The van der Waals surface area contributed by atoms with Crippen molar-refractivity contribution in [3.05, 3.63) is 47.1 Å². The number of amides is 2. The Balaban J connectivity index is 2.02. The van der Waals surface area contributed by atoms with E-state index < -0.39 is 0 Å². The Bertz CT molecular complexity index is 627. The first-order valence-corrected chi connectivity index (χ1v) is 6.97. The van der Waals surface area contributed by atoms with Gasteiger partial charge in [0.25, 0.3) is 11.8 Å². The van der Waals surface area contributed by atoms with Gasteiger partial charge in [-0.2, -0.15) is 0 Å². The molecule has 2 aliphatic rings. The largest absolute Gasteiger partial charge is 0.269 e. The van der Waals surface area contributed by atoms with Gasteiger partial charge in [0.2, 0.25) is 0 Å². The Kier molecular flexibility index (Phi) is 3.05. The standard InChI is InChI=1S/C17H17NO2/c1-3-12-10-13(9-8-11(12)2)18-16(19)14-6-4-5-7-15(14)17(18)20/h3,8-10H,1,4-7H2,2H3. The number of benzene rings is 1. The topological polar surface area (TPSA) is 37.4 Å². The Morgan fingerprint density at radius 3 is 2.25 bits per heavy atom. The average molecular weight is 267 g/mol. The van der Waals surface area contributed by atoms with E-state index in [1.807, 2.05) is 25.1 Å². The first kappa shape index (κ1) is 12.9. The number of anilines is 1. The van der Waals surface area contributed by atoms with Crippen molar-refractivity contribution in [2.75, 3.05) is 4.90 Å². The average Bonchev–Trinajstić information content (AvgIpc) is 2.72. The van der Waals surface area contributed by atoms with Gasteiger partial charge < -0.3 is 0 Å². The van der Waals surface area contributed by atoms with Crippen LogP contribution in [0.1, 0.15) is 36.8 Å². The van der Waals surface area contributed by atoms with Gasteiger partial charge in [-0.3, -0.25) is 9.59 Å². The molecule has 20 heavy (non-hydrogen) atoms. The highest BCUT2D eigenvalue weighted by Gasteiger charge is 2.39. The van der Waals surface area contributed by atoms with E-state index in [0.29, 0.717) is 5.69 Å². The fraction of sp³-hybridized carbons (Fsp3) is 0.294. The minimum atomic E-state index is -0.136. The lowest BCUT2D eigenvalue weighted by Crippen LogP contribution is -2.31. The minimum Gasteiger partial charge on any atom is -0.269 e. The van der Waals surface area contributed by atoms with Crippen LogP contribution in [0.2, 0.25) is 0 Å². The van der Waals surface area contributed by atoms with Gasteiger partial charge in [-0.25, -0.2) is 4.90 Å². The predicted molar refractivity (Wildman–Crippen MR) is 79.3 cm³/mol. The third-order valence-corrected chi connectivity index (χ3v) is 4.13. The summed E-state index contributed by atoms with van der Waals surface area (Å²) >= 11 is 0. The summed E-state index contributed by atoms with van der Waals surface area (Å²) in [5.41, 5.74) is 4.13. The summed E-state index contributed by atoms with van der Waals surface area (Å²) in [7, 11) is 0. The Morgan fingerprint density at radius 1 is 1.10 bits per heavy atom. The van der Waals surface area contributed by atoms with E-state index >= 15 is 0 Å². The molecule has 1 aromatic rings. The van der Waals surface area contributed by atoms with Crippen molar-refractivity contribution in [1.82, 2.24) is 0 Å². The molecule has 0 N–H and O–H groups in total. The third kappa shape index (κ3) is 1.82. The molecule has 0 unspecified atom stereocenters. The van der Waals surface area contributed by atoms with E-state index in [9.17, 15) is 9.59 Å². The maximum absolute atomic E-state index is 12.5. The number of carbonyl (C=O) groups is 2. The van der Waals surface area contributed by atoms with Crippen LogP contribution in [-0.4, -0.2) is 11.8 Å². The lowest BCUT2D eigenvalue weighted by atomic mass is 9.93. The van der Waals surface area contributed by atoms with E-state index in [1.165, 1.54) is 4.90 Å². The highest BCUT2D eigenvalue weighted by Crippen LogP contribution is 2.36. The van der Waals surface area contributed by atoms with Crippen molar-refractivity contribution in [3.63, 3.8) is 0 Å². The summed E-state index contributed by atoms with van der Waals surface area (Å²) in [5.74, 6) is -0.271. The molecule has 0 spiro atoms. The van der Waals surface area contributed by atoms with Gasteiger partial charge in [-0.05, 0) is 55.9 Å². The molecule has 0 radical (unpaired) electrons. The number of aryl methyl sites for hydroxylation is 1. The molecule has 1 heterocycles. The number of hydrogen-bond donors (Lipinski definition) is 0. The zero-order valence-corrected chi connectivity index (χ0v) is 11.6. The normalized spacial score (nSPS) is 18.6. The van der Waals surface area contributed by atoms with Crippen LogP contribution in [0.5, 0.6) is 0 Å². The summed E-state index contributed by atoms with van der Waals surface area (Å²) in [4.78, 5) is 26.2. The maximum Gasteiger partial charge on any atom is 0.261 e. The van der Waals surface area contributed by atoms with Gasteiger partial charge in [0.15, 0.2) is 0 Å². The molecule has 102 valence electrons. The van der Waals surface area contributed by atoms with Crippen LogP contribution < -0.4 is 4.90 Å². The molecule has 0 aromatic heterocycles. The molecular weight excluding hydrogens is 250 g/mol. The van der Waals surface area contributed by atoms with Crippen molar-refractivity contribution < 1.29 is 9.59 Å².